The molecule has 0 aliphatic carbocycles. The minimum absolute atomic E-state index is 0.135. The zero-order chi connectivity index (χ0) is 55.4. The van der Waals surface area contributed by atoms with Crippen molar-refractivity contribution >= 4 is 131 Å². The molecule has 408 valence electrons. The van der Waals surface area contributed by atoms with Gasteiger partial charge in [0.2, 0.25) is 0 Å². The maximum absolute atomic E-state index is 15.3. The van der Waals surface area contributed by atoms with E-state index in [4.69, 9.17) is 0 Å². The Kier molecular flexibility index (Phi) is 13.5. The third-order valence-electron chi connectivity index (χ3n) is 20.0. The molecular weight excluding hydrogens is 981 g/mol. The third-order valence-corrected chi connectivity index (χ3v) is 20.0. The molecule has 0 bridgehead atoms. The summed E-state index contributed by atoms with van der Waals surface area (Å²) in [4.78, 5) is 64.6. The van der Waals surface area contributed by atoms with E-state index in [0.29, 0.717) is 22.3 Å². The number of carbonyl (C=O) groups excluding carboxylic acids is 4. The number of fused-ring (bicyclic) bond motifs is 6. The minimum atomic E-state index is -0.136. The predicted octanol–water partition coefficient (Wildman–Crippen LogP) is 20.3. The Morgan fingerprint density at radius 1 is 0.237 bits per heavy atom. The van der Waals surface area contributed by atoms with Gasteiger partial charge in [-0.1, -0.05) is 180 Å². The SMILES string of the molecule is CCCC(CCC)C(C(CCC)CCC)N1C(=O)c2ccc3c4ccc5c6ccc7c8ccc9c%10c(ccc(c%11ccc(c%12ccc(c%13ccc(c2c3%13)C1=O)c4c5%12)c6c7%11)c%108)C(=O)N(C(C(CCC)CCC)C(CCC)CCC)C9=O. The molecule has 0 aromatic heterocycles. The summed E-state index contributed by atoms with van der Waals surface area (Å²) in [6, 6.07) is 34.9. The molecule has 0 radical (unpaired) electrons. The van der Waals surface area contributed by atoms with Crippen LogP contribution in [0.25, 0.3) is 108 Å². The standard InChI is InChI=1S/C74H78N2O4/c1-9-17-41(18-10-2)69(42(19-11-3)20-12-4)75-71(77)57-37-33-53-49-29-25-45-47-27-31-51-55-35-39-59-68-60(74(80)76(73(59)79)70(43(21-13-5)22-14-6)44(23-15-7)24-16-8)40-36-56(66(55)68)52-32-28-48(62(47)64(51)52)46-26-30-50(63(49)61(45)46)54-34-38-58(72(75)78)67(57)65(53)54/h25-44,69-70H,9-24H2,1-8H3. The topological polar surface area (TPSA) is 74.8 Å². The summed E-state index contributed by atoms with van der Waals surface area (Å²) in [7, 11) is 0. The largest absolute Gasteiger partial charge is 0.271 e. The van der Waals surface area contributed by atoms with E-state index in [1.807, 2.05) is 24.3 Å². The Bertz CT molecular complexity index is 3730. The molecule has 0 N–H and O–H groups in total. The lowest BCUT2D eigenvalue weighted by Crippen LogP contribution is -2.53. The van der Waals surface area contributed by atoms with Crippen LogP contribution in [0.1, 0.15) is 200 Å². The predicted molar refractivity (Wildman–Crippen MR) is 337 cm³/mol. The van der Waals surface area contributed by atoms with Gasteiger partial charge in [0, 0.05) is 45.1 Å². The highest BCUT2D eigenvalue weighted by Gasteiger charge is 2.46. The summed E-state index contributed by atoms with van der Waals surface area (Å²) in [6.45, 7) is 17.9. The van der Waals surface area contributed by atoms with Crippen LogP contribution in [0, 0.1) is 23.7 Å². The van der Waals surface area contributed by atoms with Crippen molar-refractivity contribution in [2.45, 2.75) is 170 Å². The Hall–Kier alpha value is -6.92. The number of benzene rings is 11. The van der Waals surface area contributed by atoms with Crippen molar-refractivity contribution in [3.8, 4) is 0 Å². The second-order valence-corrected chi connectivity index (χ2v) is 24.6. The van der Waals surface area contributed by atoms with E-state index < -0.39 is 0 Å². The van der Waals surface area contributed by atoms with Crippen LogP contribution >= 0.6 is 0 Å². The maximum atomic E-state index is 15.3. The highest BCUT2D eigenvalue weighted by Crippen LogP contribution is 2.53. The van der Waals surface area contributed by atoms with Gasteiger partial charge in [0.25, 0.3) is 23.6 Å². The van der Waals surface area contributed by atoms with Gasteiger partial charge in [-0.25, -0.2) is 0 Å². The molecule has 11 aromatic rings. The summed E-state index contributed by atoms with van der Waals surface area (Å²) in [5.74, 6) is 0.503. The van der Waals surface area contributed by atoms with Crippen molar-refractivity contribution in [3.05, 3.63) is 119 Å². The number of amides is 4. The van der Waals surface area contributed by atoms with E-state index in [2.05, 4.69) is 128 Å². The first-order valence-electron chi connectivity index (χ1n) is 31.3. The first kappa shape index (κ1) is 52.5. The Labute approximate surface area is 471 Å². The van der Waals surface area contributed by atoms with Gasteiger partial charge in [0.1, 0.15) is 0 Å². The zero-order valence-electron chi connectivity index (χ0n) is 48.5. The van der Waals surface area contributed by atoms with Gasteiger partial charge in [-0.05, 0) is 196 Å². The first-order valence-corrected chi connectivity index (χ1v) is 31.3. The molecule has 2 aliphatic heterocycles. The van der Waals surface area contributed by atoms with Crippen molar-refractivity contribution in [1.82, 2.24) is 9.80 Å². The Morgan fingerprint density at radius 3 is 0.550 bits per heavy atom. The van der Waals surface area contributed by atoms with E-state index in [1.54, 1.807) is 9.80 Å². The van der Waals surface area contributed by atoms with E-state index in [1.165, 1.54) is 43.1 Å². The first-order chi connectivity index (χ1) is 39.1. The molecule has 6 nitrogen and oxygen atoms in total. The van der Waals surface area contributed by atoms with Gasteiger partial charge >= 0.3 is 0 Å². The summed E-state index contributed by atoms with van der Waals surface area (Å²) in [6.07, 6.45) is 16.2. The normalized spacial score (nSPS) is 14.5. The molecule has 0 saturated carbocycles. The van der Waals surface area contributed by atoms with Crippen LogP contribution in [0.2, 0.25) is 0 Å². The van der Waals surface area contributed by atoms with Crippen molar-refractivity contribution in [3.63, 3.8) is 0 Å². The molecule has 0 spiro atoms. The molecule has 0 fully saturated rings. The fourth-order valence-electron chi connectivity index (χ4n) is 17.2. The fourth-order valence-corrected chi connectivity index (χ4v) is 17.2. The number of hydrogen-bond donors (Lipinski definition) is 0. The lowest BCUT2D eigenvalue weighted by molar-refractivity contribution is 0.0335. The van der Waals surface area contributed by atoms with Crippen molar-refractivity contribution in [2.75, 3.05) is 0 Å². The van der Waals surface area contributed by atoms with Gasteiger partial charge in [-0.15, -0.1) is 0 Å². The molecular formula is C74H78N2O4. The Morgan fingerprint density at radius 2 is 0.388 bits per heavy atom. The molecule has 4 amide bonds. The second kappa shape index (κ2) is 20.6. The second-order valence-electron chi connectivity index (χ2n) is 24.6. The average Bonchev–Trinajstić information content (AvgIpc) is 3.66. The van der Waals surface area contributed by atoms with Gasteiger partial charge in [0.15, 0.2) is 0 Å². The van der Waals surface area contributed by atoms with Gasteiger partial charge in [-0.3, -0.25) is 29.0 Å². The van der Waals surface area contributed by atoms with Crippen LogP contribution in [0.4, 0.5) is 0 Å². The van der Waals surface area contributed by atoms with Gasteiger partial charge in [-0.2, -0.15) is 0 Å². The number of carbonyl (C=O) groups is 4. The lowest BCUT2D eigenvalue weighted by atomic mass is 9.76. The molecule has 2 aliphatic rings. The quantitative estimate of drug-likeness (QED) is 0.0385. The maximum Gasteiger partial charge on any atom is 0.261 e. The fraction of sp³-hybridized carbons (Fsp3) is 0.405. The highest BCUT2D eigenvalue weighted by molar-refractivity contribution is 6.47. The van der Waals surface area contributed by atoms with E-state index in [0.717, 1.165) is 167 Å². The number of nitrogens with zero attached hydrogens (tertiary/aromatic N) is 2. The number of imide groups is 2. The molecule has 80 heavy (non-hydrogen) atoms. The monoisotopic (exact) mass is 1060 g/mol. The van der Waals surface area contributed by atoms with Crippen LogP contribution in [0.5, 0.6) is 0 Å². The van der Waals surface area contributed by atoms with Gasteiger partial charge < -0.3 is 0 Å². The summed E-state index contributed by atoms with van der Waals surface area (Å²) < 4.78 is 0. The van der Waals surface area contributed by atoms with Crippen LogP contribution in [-0.4, -0.2) is 45.5 Å². The highest BCUT2D eigenvalue weighted by atomic mass is 16.2. The molecule has 13 rings (SSSR count). The summed E-state index contributed by atoms with van der Waals surface area (Å²) >= 11 is 0. The summed E-state index contributed by atoms with van der Waals surface area (Å²) in [5.41, 5.74) is 2.59. The zero-order valence-corrected chi connectivity index (χ0v) is 48.5. The smallest absolute Gasteiger partial charge is 0.261 e. The molecule has 0 atom stereocenters. The molecule has 0 saturated heterocycles. The van der Waals surface area contributed by atoms with Crippen LogP contribution in [0.15, 0.2) is 97.1 Å². The molecule has 0 unspecified atom stereocenters. The Balaban J connectivity index is 0.978. The van der Waals surface area contributed by atoms with Crippen molar-refractivity contribution < 1.29 is 19.2 Å². The van der Waals surface area contributed by atoms with E-state index in [9.17, 15) is 0 Å². The van der Waals surface area contributed by atoms with E-state index in [-0.39, 0.29) is 59.4 Å². The average molecular weight is 1060 g/mol. The third kappa shape index (κ3) is 7.41. The van der Waals surface area contributed by atoms with Gasteiger partial charge in [0.05, 0.1) is 0 Å². The summed E-state index contributed by atoms with van der Waals surface area (Å²) in [5, 5.41) is 22.0. The van der Waals surface area contributed by atoms with Crippen LogP contribution in [0.3, 0.4) is 0 Å². The lowest BCUT2D eigenvalue weighted by Gasteiger charge is -2.43. The van der Waals surface area contributed by atoms with Crippen molar-refractivity contribution in [1.29, 1.82) is 0 Å². The minimum Gasteiger partial charge on any atom is -0.271 e. The van der Waals surface area contributed by atoms with Crippen LogP contribution in [-0.2, 0) is 0 Å². The molecule has 2 heterocycles. The number of rotatable bonds is 22. The van der Waals surface area contributed by atoms with E-state index >= 15 is 19.2 Å². The van der Waals surface area contributed by atoms with Crippen molar-refractivity contribution in [2.24, 2.45) is 23.7 Å². The molecule has 11 aromatic carbocycles. The van der Waals surface area contributed by atoms with Crippen LogP contribution < -0.4 is 0 Å². The molecule has 6 heteroatoms. The number of hydrogen-bond acceptors (Lipinski definition) is 4.